The van der Waals surface area contributed by atoms with Crippen LogP contribution in [0.1, 0.15) is 37.0 Å². The van der Waals surface area contributed by atoms with Gasteiger partial charge in [-0.05, 0) is 49.1 Å². The van der Waals surface area contributed by atoms with Crippen molar-refractivity contribution in [2.24, 2.45) is 0 Å². The second-order valence-electron chi connectivity index (χ2n) is 6.26. The van der Waals surface area contributed by atoms with Crippen LogP contribution in [0.15, 0.2) is 42.5 Å². The number of nitrogens with zero attached hydrogens (tertiary/aromatic N) is 1. The van der Waals surface area contributed by atoms with Gasteiger partial charge in [0, 0.05) is 31.3 Å². The predicted molar refractivity (Wildman–Crippen MR) is 103 cm³/mol. The van der Waals surface area contributed by atoms with Crippen LogP contribution in [0.2, 0.25) is 0 Å². The number of carbonyl (C=O) groups is 2. The normalized spacial score (nSPS) is 10.4. The number of hydrogen-bond donors (Lipinski definition) is 1. The maximum absolute atomic E-state index is 12.3. The molecule has 4 nitrogen and oxygen atoms in total. The second kappa shape index (κ2) is 8.47. The molecule has 0 unspecified atom stereocenters. The van der Waals surface area contributed by atoms with Crippen molar-refractivity contribution in [3.8, 4) is 0 Å². The van der Waals surface area contributed by atoms with E-state index in [9.17, 15) is 9.59 Å². The minimum Gasteiger partial charge on any atom is -0.326 e. The van der Waals surface area contributed by atoms with Crippen molar-refractivity contribution in [2.45, 2.75) is 40.5 Å². The fraction of sp³-hybridized carbons (Fsp3) is 0.333. The Labute approximate surface area is 149 Å². The average molecular weight is 338 g/mol. The van der Waals surface area contributed by atoms with Gasteiger partial charge < -0.3 is 10.2 Å². The lowest BCUT2D eigenvalue weighted by atomic mass is 10.1. The Morgan fingerprint density at radius 3 is 2.12 bits per heavy atom. The van der Waals surface area contributed by atoms with Gasteiger partial charge in [0.2, 0.25) is 11.8 Å². The molecule has 0 aromatic heterocycles. The number of carbonyl (C=O) groups excluding carboxylic acids is 2. The van der Waals surface area contributed by atoms with Crippen LogP contribution in [0.4, 0.5) is 11.4 Å². The van der Waals surface area contributed by atoms with Gasteiger partial charge in [-0.3, -0.25) is 9.59 Å². The highest BCUT2D eigenvalue weighted by atomic mass is 16.2. The Morgan fingerprint density at radius 1 is 1.00 bits per heavy atom. The standard InChI is InChI=1S/C21H26N2O2/c1-5-18-9-11-19(12-10-18)23(17(4)24)14-13-20(25)22-21-15(2)7-6-8-16(21)3/h6-12H,5,13-14H2,1-4H3,(H,22,25). The Morgan fingerprint density at radius 2 is 1.60 bits per heavy atom. The van der Waals surface area contributed by atoms with Crippen molar-refractivity contribution < 1.29 is 9.59 Å². The molecule has 1 N–H and O–H groups in total. The van der Waals surface area contributed by atoms with Crippen LogP contribution in [0.3, 0.4) is 0 Å². The van der Waals surface area contributed by atoms with Crippen LogP contribution in [0.25, 0.3) is 0 Å². The average Bonchev–Trinajstić information content (AvgIpc) is 2.59. The molecule has 2 aromatic carbocycles. The molecule has 132 valence electrons. The molecule has 0 radical (unpaired) electrons. The van der Waals surface area contributed by atoms with Crippen molar-refractivity contribution in [1.29, 1.82) is 0 Å². The van der Waals surface area contributed by atoms with E-state index in [1.807, 2.05) is 56.3 Å². The molecule has 0 aliphatic rings. The van der Waals surface area contributed by atoms with Gasteiger partial charge in [-0.15, -0.1) is 0 Å². The first-order valence-corrected chi connectivity index (χ1v) is 8.65. The first kappa shape index (κ1) is 18.7. The summed E-state index contributed by atoms with van der Waals surface area (Å²) >= 11 is 0. The van der Waals surface area contributed by atoms with E-state index in [2.05, 4.69) is 12.2 Å². The van der Waals surface area contributed by atoms with Gasteiger partial charge in [-0.25, -0.2) is 0 Å². The molecule has 2 rings (SSSR count). The summed E-state index contributed by atoms with van der Waals surface area (Å²) in [5.41, 5.74) is 4.97. The van der Waals surface area contributed by atoms with Crippen LogP contribution in [-0.4, -0.2) is 18.4 Å². The maximum atomic E-state index is 12.3. The molecular formula is C21H26N2O2. The summed E-state index contributed by atoms with van der Waals surface area (Å²) in [6.45, 7) is 7.92. The van der Waals surface area contributed by atoms with Crippen LogP contribution in [0, 0.1) is 13.8 Å². The van der Waals surface area contributed by atoms with E-state index in [1.54, 1.807) is 4.90 Å². The zero-order valence-corrected chi connectivity index (χ0v) is 15.4. The number of rotatable bonds is 6. The molecule has 0 saturated carbocycles. The van der Waals surface area contributed by atoms with Gasteiger partial charge in [0.1, 0.15) is 0 Å². The summed E-state index contributed by atoms with van der Waals surface area (Å²) in [5, 5.41) is 2.97. The van der Waals surface area contributed by atoms with Crippen LogP contribution >= 0.6 is 0 Å². The minimum absolute atomic E-state index is 0.0656. The van der Waals surface area contributed by atoms with Gasteiger partial charge in [-0.2, -0.15) is 0 Å². The Bertz CT molecular complexity index is 731. The van der Waals surface area contributed by atoms with Crippen LogP contribution in [-0.2, 0) is 16.0 Å². The summed E-state index contributed by atoms with van der Waals surface area (Å²) in [4.78, 5) is 25.9. The van der Waals surface area contributed by atoms with Crippen molar-refractivity contribution in [2.75, 3.05) is 16.8 Å². The lowest BCUT2D eigenvalue weighted by Crippen LogP contribution is -2.32. The molecule has 0 atom stereocenters. The van der Waals surface area contributed by atoms with Gasteiger partial charge in [-0.1, -0.05) is 37.3 Å². The molecule has 2 aromatic rings. The van der Waals surface area contributed by atoms with Crippen molar-refractivity contribution in [3.63, 3.8) is 0 Å². The fourth-order valence-electron chi connectivity index (χ4n) is 2.81. The number of benzene rings is 2. The van der Waals surface area contributed by atoms with E-state index < -0.39 is 0 Å². The topological polar surface area (TPSA) is 49.4 Å². The minimum atomic E-state index is -0.0890. The molecular weight excluding hydrogens is 312 g/mol. The Balaban J connectivity index is 2.03. The second-order valence-corrected chi connectivity index (χ2v) is 6.26. The molecule has 4 heteroatoms. The van der Waals surface area contributed by atoms with E-state index in [-0.39, 0.29) is 18.2 Å². The third-order valence-electron chi connectivity index (χ3n) is 4.34. The summed E-state index contributed by atoms with van der Waals surface area (Å²) in [6.07, 6.45) is 1.21. The maximum Gasteiger partial charge on any atom is 0.226 e. The number of hydrogen-bond acceptors (Lipinski definition) is 2. The van der Waals surface area contributed by atoms with E-state index in [0.29, 0.717) is 6.54 Å². The fourth-order valence-corrected chi connectivity index (χ4v) is 2.81. The van der Waals surface area contributed by atoms with E-state index in [4.69, 9.17) is 0 Å². The quantitative estimate of drug-likeness (QED) is 0.856. The molecule has 0 spiro atoms. The lowest BCUT2D eigenvalue weighted by molar-refractivity contribution is -0.117. The number of aryl methyl sites for hydroxylation is 3. The van der Waals surface area contributed by atoms with Crippen molar-refractivity contribution >= 4 is 23.2 Å². The highest BCUT2D eigenvalue weighted by Crippen LogP contribution is 2.20. The monoisotopic (exact) mass is 338 g/mol. The first-order chi connectivity index (χ1) is 11.9. The molecule has 0 aliphatic carbocycles. The predicted octanol–water partition coefficient (Wildman–Crippen LogP) is 4.25. The number of amides is 2. The van der Waals surface area contributed by atoms with Crippen LogP contribution < -0.4 is 10.2 Å². The zero-order chi connectivity index (χ0) is 18.4. The Hall–Kier alpha value is -2.62. The van der Waals surface area contributed by atoms with Gasteiger partial charge in [0.15, 0.2) is 0 Å². The molecule has 0 aliphatic heterocycles. The lowest BCUT2D eigenvalue weighted by Gasteiger charge is -2.21. The Kier molecular flexibility index (Phi) is 6.34. The molecule has 2 amide bonds. The number of anilines is 2. The zero-order valence-electron chi connectivity index (χ0n) is 15.4. The highest BCUT2D eigenvalue weighted by Gasteiger charge is 2.14. The smallest absolute Gasteiger partial charge is 0.226 e. The molecule has 0 fully saturated rings. The molecule has 0 saturated heterocycles. The number of para-hydroxylation sites is 1. The number of nitrogens with one attached hydrogen (secondary N) is 1. The first-order valence-electron chi connectivity index (χ1n) is 8.65. The van der Waals surface area contributed by atoms with E-state index in [1.165, 1.54) is 12.5 Å². The van der Waals surface area contributed by atoms with Gasteiger partial charge in [0.05, 0.1) is 0 Å². The van der Waals surface area contributed by atoms with Gasteiger partial charge in [0.25, 0.3) is 0 Å². The summed E-state index contributed by atoms with van der Waals surface area (Å²) in [5.74, 6) is -0.155. The third-order valence-corrected chi connectivity index (χ3v) is 4.34. The highest BCUT2D eigenvalue weighted by molar-refractivity contribution is 5.95. The summed E-state index contributed by atoms with van der Waals surface area (Å²) < 4.78 is 0. The molecule has 0 bridgehead atoms. The largest absolute Gasteiger partial charge is 0.326 e. The van der Waals surface area contributed by atoms with Crippen LogP contribution in [0.5, 0.6) is 0 Å². The molecule has 25 heavy (non-hydrogen) atoms. The summed E-state index contributed by atoms with van der Waals surface area (Å²) in [6, 6.07) is 13.8. The molecule has 0 heterocycles. The van der Waals surface area contributed by atoms with Crippen molar-refractivity contribution in [1.82, 2.24) is 0 Å². The van der Waals surface area contributed by atoms with E-state index in [0.717, 1.165) is 28.9 Å². The van der Waals surface area contributed by atoms with E-state index >= 15 is 0 Å². The third kappa shape index (κ3) is 4.92. The SMILES string of the molecule is CCc1ccc(N(CCC(=O)Nc2c(C)cccc2C)C(C)=O)cc1. The van der Waals surface area contributed by atoms with Crippen molar-refractivity contribution in [3.05, 3.63) is 59.2 Å². The van der Waals surface area contributed by atoms with Gasteiger partial charge >= 0.3 is 0 Å². The summed E-state index contributed by atoms with van der Waals surface area (Å²) in [7, 11) is 0.